The number of carbonyl (C=O) groups is 2. The zero-order chi connectivity index (χ0) is 15.6. The highest BCUT2D eigenvalue weighted by atomic mass is 16.2. The molecule has 0 radical (unpaired) electrons. The number of rotatable bonds is 7. The monoisotopic (exact) mass is 294 g/mol. The molecule has 0 aromatic heterocycles. The molecule has 1 unspecified atom stereocenters. The van der Waals surface area contributed by atoms with E-state index in [9.17, 15) is 9.59 Å². The average Bonchev–Trinajstić information content (AvgIpc) is 3.32. The number of amides is 2. The lowest BCUT2D eigenvalue weighted by atomic mass is 9.84. The van der Waals surface area contributed by atoms with Crippen LogP contribution in [0.3, 0.4) is 0 Å². The molecule has 120 valence electrons. The number of nitrogens with one attached hydrogen (secondary N) is 1. The normalized spacial score (nSPS) is 25.4. The predicted octanol–water partition coefficient (Wildman–Crippen LogP) is 2.72. The Kier molecular flexibility index (Phi) is 4.95. The van der Waals surface area contributed by atoms with Gasteiger partial charge >= 0.3 is 0 Å². The van der Waals surface area contributed by atoms with E-state index in [2.05, 4.69) is 19.2 Å². The van der Waals surface area contributed by atoms with E-state index in [-0.39, 0.29) is 17.9 Å². The molecule has 1 N–H and O–H groups in total. The van der Waals surface area contributed by atoms with Gasteiger partial charge in [-0.15, -0.1) is 0 Å². The van der Waals surface area contributed by atoms with Crippen molar-refractivity contribution in [1.29, 1.82) is 0 Å². The molecule has 2 aliphatic rings. The molecule has 1 aliphatic carbocycles. The van der Waals surface area contributed by atoms with E-state index in [1.54, 1.807) is 0 Å². The number of carbonyl (C=O) groups excluding carboxylic acids is 2. The van der Waals surface area contributed by atoms with Crippen molar-refractivity contribution in [3.8, 4) is 0 Å². The van der Waals surface area contributed by atoms with Crippen molar-refractivity contribution >= 4 is 11.8 Å². The Morgan fingerprint density at radius 2 is 1.71 bits per heavy atom. The van der Waals surface area contributed by atoms with Crippen molar-refractivity contribution in [1.82, 2.24) is 10.2 Å². The van der Waals surface area contributed by atoms with Crippen LogP contribution in [-0.4, -0.2) is 34.8 Å². The van der Waals surface area contributed by atoms with Crippen LogP contribution in [0.4, 0.5) is 0 Å². The minimum absolute atomic E-state index is 0.0648. The fourth-order valence-corrected chi connectivity index (χ4v) is 3.61. The molecular formula is C17H30N2O2. The van der Waals surface area contributed by atoms with Gasteiger partial charge in [0.05, 0.1) is 0 Å². The van der Waals surface area contributed by atoms with Crippen molar-refractivity contribution in [3.63, 3.8) is 0 Å². The summed E-state index contributed by atoms with van der Waals surface area (Å²) in [7, 11) is 0. The van der Waals surface area contributed by atoms with Crippen LogP contribution >= 0.6 is 0 Å². The van der Waals surface area contributed by atoms with E-state index in [4.69, 9.17) is 0 Å². The molecule has 0 aromatic rings. The number of piperazine rings is 1. The molecular weight excluding hydrogens is 264 g/mol. The standard InChI is InChI=1S/C17H30N2O2/c1-5-12(6-2)11-19-15(20)14(13-9-10-13)18-16(21)17(19,7-3)8-4/h12-14H,5-11H2,1-4H3,(H,18,21). The van der Waals surface area contributed by atoms with Gasteiger partial charge in [-0.25, -0.2) is 0 Å². The van der Waals surface area contributed by atoms with Gasteiger partial charge in [0.15, 0.2) is 0 Å². The molecule has 4 nitrogen and oxygen atoms in total. The second-order valence-corrected chi connectivity index (χ2v) is 6.66. The maximum atomic E-state index is 13.0. The first-order valence-electron chi connectivity index (χ1n) is 8.66. The Balaban J connectivity index is 2.29. The van der Waals surface area contributed by atoms with Crippen LogP contribution in [0, 0.1) is 11.8 Å². The Hall–Kier alpha value is -1.06. The zero-order valence-corrected chi connectivity index (χ0v) is 13.9. The molecule has 1 saturated heterocycles. The predicted molar refractivity (Wildman–Crippen MR) is 83.8 cm³/mol. The van der Waals surface area contributed by atoms with Crippen molar-refractivity contribution in [2.45, 2.75) is 77.8 Å². The Morgan fingerprint density at radius 1 is 1.14 bits per heavy atom. The smallest absolute Gasteiger partial charge is 0.246 e. The Morgan fingerprint density at radius 3 is 2.14 bits per heavy atom. The highest BCUT2D eigenvalue weighted by Crippen LogP contribution is 2.39. The van der Waals surface area contributed by atoms with Gasteiger partial charge < -0.3 is 10.2 Å². The Bertz CT molecular complexity index is 396. The van der Waals surface area contributed by atoms with E-state index in [0.717, 1.165) is 32.2 Å². The molecule has 2 amide bonds. The summed E-state index contributed by atoms with van der Waals surface area (Å²) in [5.74, 6) is 1.08. The Labute approximate surface area is 128 Å². The summed E-state index contributed by atoms with van der Waals surface area (Å²) in [6.07, 6.45) is 5.64. The fraction of sp³-hybridized carbons (Fsp3) is 0.882. The van der Waals surface area contributed by atoms with Gasteiger partial charge in [0.25, 0.3) is 0 Å². The SMILES string of the molecule is CCC(CC)CN1C(=O)C(C2CC2)NC(=O)C1(CC)CC. The molecule has 1 atom stereocenters. The second kappa shape index (κ2) is 6.37. The molecule has 4 heteroatoms. The van der Waals surface area contributed by atoms with Crippen LogP contribution < -0.4 is 5.32 Å². The summed E-state index contributed by atoms with van der Waals surface area (Å²) in [6, 6.07) is -0.266. The molecule has 2 rings (SSSR count). The molecule has 1 saturated carbocycles. The third kappa shape index (κ3) is 2.82. The van der Waals surface area contributed by atoms with E-state index in [0.29, 0.717) is 24.7 Å². The van der Waals surface area contributed by atoms with Crippen molar-refractivity contribution in [2.75, 3.05) is 6.54 Å². The van der Waals surface area contributed by atoms with E-state index < -0.39 is 5.54 Å². The third-order valence-corrected chi connectivity index (χ3v) is 5.62. The molecule has 1 heterocycles. The van der Waals surface area contributed by atoms with Gasteiger partial charge in [-0.1, -0.05) is 40.5 Å². The first-order chi connectivity index (χ1) is 10.0. The summed E-state index contributed by atoms with van der Waals surface area (Å²) >= 11 is 0. The molecule has 21 heavy (non-hydrogen) atoms. The van der Waals surface area contributed by atoms with Crippen LogP contribution in [0.5, 0.6) is 0 Å². The topological polar surface area (TPSA) is 49.4 Å². The lowest BCUT2D eigenvalue weighted by molar-refractivity contribution is -0.160. The molecule has 0 bridgehead atoms. The number of hydrogen-bond acceptors (Lipinski definition) is 2. The maximum absolute atomic E-state index is 13.0. The van der Waals surface area contributed by atoms with Crippen LogP contribution in [0.15, 0.2) is 0 Å². The minimum atomic E-state index is -0.634. The highest BCUT2D eigenvalue weighted by Gasteiger charge is 2.53. The number of hydrogen-bond donors (Lipinski definition) is 1. The second-order valence-electron chi connectivity index (χ2n) is 6.66. The van der Waals surface area contributed by atoms with Crippen LogP contribution in [-0.2, 0) is 9.59 Å². The molecule has 0 spiro atoms. The van der Waals surface area contributed by atoms with Crippen LogP contribution in [0.1, 0.15) is 66.2 Å². The van der Waals surface area contributed by atoms with Gasteiger partial charge in [0.1, 0.15) is 11.6 Å². The van der Waals surface area contributed by atoms with Gasteiger partial charge in [0.2, 0.25) is 11.8 Å². The minimum Gasteiger partial charge on any atom is -0.342 e. The third-order valence-electron chi connectivity index (χ3n) is 5.62. The molecule has 2 fully saturated rings. The van der Waals surface area contributed by atoms with E-state index in [1.807, 2.05) is 18.7 Å². The molecule has 1 aliphatic heterocycles. The summed E-state index contributed by atoms with van der Waals surface area (Å²) in [5.41, 5.74) is -0.634. The summed E-state index contributed by atoms with van der Waals surface area (Å²) in [6.45, 7) is 9.10. The van der Waals surface area contributed by atoms with Gasteiger partial charge in [-0.05, 0) is 37.5 Å². The summed E-state index contributed by atoms with van der Waals surface area (Å²) in [4.78, 5) is 27.6. The van der Waals surface area contributed by atoms with Crippen molar-refractivity contribution in [2.24, 2.45) is 11.8 Å². The first kappa shape index (κ1) is 16.3. The highest BCUT2D eigenvalue weighted by molar-refractivity contribution is 6.00. The van der Waals surface area contributed by atoms with Gasteiger partial charge in [-0.2, -0.15) is 0 Å². The van der Waals surface area contributed by atoms with Crippen LogP contribution in [0.25, 0.3) is 0 Å². The summed E-state index contributed by atoms with van der Waals surface area (Å²) < 4.78 is 0. The average molecular weight is 294 g/mol. The van der Waals surface area contributed by atoms with Gasteiger partial charge in [-0.3, -0.25) is 9.59 Å². The number of nitrogens with zero attached hydrogens (tertiary/aromatic N) is 1. The summed E-state index contributed by atoms with van der Waals surface area (Å²) in [5, 5.41) is 3.03. The lowest BCUT2D eigenvalue weighted by Crippen LogP contribution is -2.71. The fourth-order valence-electron chi connectivity index (χ4n) is 3.61. The van der Waals surface area contributed by atoms with E-state index in [1.165, 1.54) is 0 Å². The van der Waals surface area contributed by atoms with Gasteiger partial charge in [0, 0.05) is 6.54 Å². The van der Waals surface area contributed by atoms with E-state index >= 15 is 0 Å². The lowest BCUT2D eigenvalue weighted by Gasteiger charge is -2.49. The van der Waals surface area contributed by atoms with Crippen molar-refractivity contribution in [3.05, 3.63) is 0 Å². The quantitative estimate of drug-likeness (QED) is 0.785. The van der Waals surface area contributed by atoms with Crippen molar-refractivity contribution < 1.29 is 9.59 Å². The first-order valence-corrected chi connectivity index (χ1v) is 8.66. The maximum Gasteiger partial charge on any atom is 0.246 e. The largest absolute Gasteiger partial charge is 0.342 e. The zero-order valence-electron chi connectivity index (χ0n) is 13.9. The molecule has 0 aromatic carbocycles. The van der Waals surface area contributed by atoms with Crippen LogP contribution in [0.2, 0.25) is 0 Å².